The lowest BCUT2D eigenvalue weighted by molar-refractivity contribution is -0.498. The summed E-state index contributed by atoms with van der Waals surface area (Å²) < 4.78 is 46.7. The van der Waals surface area contributed by atoms with Crippen LogP contribution in [0.25, 0.3) is 16.9 Å². The Balaban J connectivity index is 0.000000406. The van der Waals surface area contributed by atoms with Crippen LogP contribution in [0.1, 0.15) is 16.1 Å². The molecule has 4 aromatic rings. The Bertz CT molecular complexity index is 1320. The van der Waals surface area contributed by atoms with Crippen LogP contribution < -0.4 is 14.8 Å². The standard InChI is InChI=1S/C21H15ClFN3O.C2HF3O2/c22-17-6-2-1-5-15(17)13-24-21(27)19-18-7-3-4-12-26(18)20(25-19)14-8-10-16(23)11-9-14;3-2(4,5)1(6)7/h1-12H,13H2,(H,24,27);(H,6,7). The maximum Gasteiger partial charge on any atom is 0.430 e. The Labute approximate surface area is 195 Å². The largest absolute Gasteiger partial charge is 0.542 e. The highest BCUT2D eigenvalue weighted by Crippen LogP contribution is 2.19. The summed E-state index contributed by atoms with van der Waals surface area (Å²) in [6.07, 6.45) is -3.34. The van der Waals surface area contributed by atoms with Gasteiger partial charge in [-0.25, -0.2) is 9.37 Å². The number of fused-ring (bicyclic) bond motifs is 1. The van der Waals surface area contributed by atoms with E-state index in [0.29, 0.717) is 23.1 Å². The zero-order valence-electron chi connectivity index (χ0n) is 17.2. The highest BCUT2D eigenvalue weighted by atomic mass is 35.5. The van der Waals surface area contributed by atoms with E-state index in [1.807, 2.05) is 47.0 Å². The molecule has 4 rings (SSSR count). The SMILES string of the molecule is O=C(NCc1ccccc1Cl)c1[nH]c(-c2ccc(F)cc2)[n+]2ccccc12.O=C([O-])C(F)(F)F. The van der Waals surface area contributed by atoms with E-state index in [2.05, 4.69) is 10.3 Å². The minimum Gasteiger partial charge on any atom is -0.542 e. The van der Waals surface area contributed by atoms with Crippen LogP contribution in [0.2, 0.25) is 5.02 Å². The Hall–Kier alpha value is -3.92. The number of nitrogens with zero attached hydrogens (tertiary/aromatic N) is 1. The molecule has 2 aromatic carbocycles. The summed E-state index contributed by atoms with van der Waals surface area (Å²) in [5, 5.41) is 12.3. The van der Waals surface area contributed by atoms with Gasteiger partial charge in [0.15, 0.2) is 5.52 Å². The second-order valence-corrected chi connectivity index (χ2v) is 7.28. The van der Waals surface area contributed by atoms with Gasteiger partial charge in [0.05, 0.1) is 11.8 Å². The van der Waals surface area contributed by atoms with Gasteiger partial charge in [-0.3, -0.25) is 4.79 Å². The smallest absolute Gasteiger partial charge is 0.430 e. The first-order valence-corrected chi connectivity index (χ1v) is 10.0. The van der Waals surface area contributed by atoms with Gasteiger partial charge in [-0.2, -0.15) is 17.6 Å². The number of rotatable bonds is 4. The first-order chi connectivity index (χ1) is 16.1. The van der Waals surface area contributed by atoms with Crippen LogP contribution in [0.5, 0.6) is 0 Å². The number of nitrogens with one attached hydrogen (secondary N) is 2. The van der Waals surface area contributed by atoms with E-state index in [1.165, 1.54) is 12.1 Å². The third-order valence-electron chi connectivity index (χ3n) is 4.57. The summed E-state index contributed by atoms with van der Waals surface area (Å²) in [6.45, 7) is 0.322. The lowest BCUT2D eigenvalue weighted by atomic mass is 10.2. The van der Waals surface area contributed by atoms with E-state index in [0.717, 1.165) is 16.6 Å². The van der Waals surface area contributed by atoms with Crippen molar-refractivity contribution in [3.05, 3.63) is 95.0 Å². The van der Waals surface area contributed by atoms with Gasteiger partial charge in [-0.15, -0.1) is 0 Å². The number of benzene rings is 2. The van der Waals surface area contributed by atoms with Crippen LogP contribution in [0.4, 0.5) is 17.6 Å². The first kappa shape index (κ1) is 24.7. The van der Waals surface area contributed by atoms with Crippen molar-refractivity contribution in [3.63, 3.8) is 0 Å². The molecule has 0 aliphatic carbocycles. The minimum absolute atomic E-state index is 0.244. The van der Waals surface area contributed by atoms with E-state index in [4.69, 9.17) is 21.5 Å². The number of amides is 1. The zero-order chi connectivity index (χ0) is 24.9. The van der Waals surface area contributed by atoms with Crippen LogP contribution in [0.3, 0.4) is 0 Å². The number of H-pyrrole nitrogens is 1. The lowest BCUT2D eigenvalue weighted by Crippen LogP contribution is -2.37. The maximum absolute atomic E-state index is 13.3. The van der Waals surface area contributed by atoms with Crippen molar-refractivity contribution in [2.75, 3.05) is 0 Å². The van der Waals surface area contributed by atoms with Crippen LogP contribution in [0, 0.1) is 5.82 Å². The molecular weight excluding hydrogens is 478 g/mol. The number of alkyl halides is 3. The van der Waals surface area contributed by atoms with Crippen LogP contribution in [0.15, 0.2) is 72.9 Å². The van der Waals surface area contributed by atoms with Crippen molar-refractivity contribution in [1.29, 1.82) is 0 Å². The number of halogens is 5. The number of imidazole rings is 1. The number of carbonyl (C=O) groups excluding carboxylic acids is 2. The summed E-state index contributed by atoms with van der Waals surface area (Å²) in [7, 11) is 0. The fourth-order valence-electron chi connectivity index (χ4n) is 2.98. The molecule has 0 aliphatic heterocycles. The first-order valence-electron chi connectivity index (χ1n) is 9.66. The number of aromatic amines is 1. The number of carboxylic acid groups (broad SMARTS) is 1. The highest BCUT2D eigenvalue weighted by molar-refractivity contribution is 6.31. The van der Waals surface area contributed by atoms with Gasteiger partial charge in [0.25, 0.3) is 11.7 Å². The molecule has 0 saturated heterocycles. The molecule has 0 aliphatic rings. The molecule has 0 atom stereocenters. The molecule has 0 fully saturated rings. The number of pyridine rings is 1. The third-order valence-corrected chi connectivity index (χ3v) is 4.94. The molecule has 1 amide bonds. The molecule has 176 valence electrons. The molecule has 2 aromatic heterocycles. The van der Waals surface area contributed by atoms with Gasteiger partial charge < -0.3 is 15.2 Å². The van der Waals surface area contributed by atoms with E-state index >= 15 is 0 Å². The van der Waals surface area contributed by atoms with Gasteiger partial charge in [0, 0.05) is 11.6 Å². The van der Waals surface area contributed by atoms with E-state index in [-0.39, 0.29) is 11.7 Å². The Morgan fingerprint density at radius 1 is 1.00 bits per heavy atom. The molecule has 34 heavy (non-hydrogen) atoms. The minimum atomic E-state index is -5.19. The molecule has 2 N–H and O–H groups in total. The Morgan fingerprint density at radius 3 is 2.24 bits per heavy atom. The van der Waals surface area contributed by atoms with E-state index in [1.54, 1.807) is 18.2 Å². The normalized spacial score (nSPS) is 11.0. The second kappa shape index (κ2) is 10.3. The molecule has 11 heteroatoms. The number of hydrogen-bond donors (Lipinski definition) is 2. The third kappa shape index (κ3) is 5.90. The van der Waals surface area contributed by atoms with Gasteiger partial charge in [-0.05, 0) is 48.0 Å². The second-order valence-electron chi connectivity index (χ2n) is 6.87. The van der Waals surface area contributed by atoms with Crippen molar-refractivity contribution >= 4 is 29.0 Å². The summed E-state index contributed by atoms with van der Waals surface area (Å²) >= 11 is 6.15. The fourth-order valence-corrected chi connectivity index (χ4v) is 3.18. The number of aliphatic carboxylic acids is 1. The number of carbonyl (C=O) groups is 2. The molecule has 0 unspecified atom stereocenters. The molecule has 0 saturated carbocycles. The average molecular weight is 494 g/mol. The monoisotopic (exact) mass is 493 g/mol. The topological polar surface area (TPSA) is 89.1 Å². The predicted molar refractivity (Wildman–Crippen MR) is 113 cm³/mol. The Morgan fingerprint density at radius 2 is 1.62 bits per heavy atom. The molecule has 0 spiro atoms. The van der Waals surface area contributed by atoms with Crippen LogP contribution in [-0.4, -0.2) is 23.0 Å². The number of carboxylic acids is 1. The number of hydrogen-bond acceptors (Lipinski definition) is 3. The highest BCUT2D eigenvalue weighted by Gasteiger charge is 2.29. The fraction of sp³-hybridized carbons (Fsp3) is 0.0870. The lowest BCUT2D eigenvalue weighted by Gasteiger charge is -2.04. The van der Waals surface area contributed by atoms with Crippen LogP contribution in [-0.2, 0) is 11.3 Å². The molecule has 2 heterocycles. The van der Waals surface area contributed by atoms with Crippen molar-refractivity contribution in [3.8, 4) is 11.4 Å². The maximum atomic E-state index is 13.3. The van der Waals surface area contributed by atoms with Crippen molar-refractivity contribution in [2.24, 2.45) is 0 Å². The molecular formula is C23H16ClF4N3O3. The van der Waals surface area contributed by atoms with Gasteiger partial charge in [-0.1, -0.05) is 35.9 Å². The summed E-state index contributed by atoms with van der Waals surface area (Å²) in [4.78, 5) is 24.7. The van der Waals surface area contributed by atoms with Crippen molar-refractivity contribution < 1.29 is 36.7 Å². The summed E-state index contributed by atoms with van der Waals surface area (Å²) in [5.74, 6) is -2.86. The summed E-state index contributed by atoms with van der Waals surface area (Å²) in [5.41, 5.74) is 2.79. The summed E-state index contributed by atoms with van der Waals surface area (Å²) in [6, 6.07) is 19.1. The van der Waals surface area contributed by atoms with Gasteiger partial charge >= 0.3 is 6.18 Å². The molecule has 0 bridgehead atoms. The molecule has 0 radical (unpaired) electrons. The van der Waals surface area contributed by atoms with E-state index in [9.17, 15) is 22.4 Å². The van der Waals surface area contributed by atoms with Gasteiger partial charge in [0.2, 0.25) is 5.69 Å². The quantitative estimate of drug-likeness (QED) is 0.337. The Kier molecular flexibility index (Phi) is 7.52. The van der Waals surface area contributed by atoms with E-state index < -0.39 is 12.1 Å². The van der Waals surface area contributed by atoms with Crippen LogP contribution >= 0.6 is 11.6 Å². The molecule has 6 nitrogen and oxygen atoms in total. The van der Waals surface area contributed by atoms with Crippen molar-refractivity contribution in [1.82, 2.24) is 10.3 Å². The number of aromatic nitrogens is 2. The van der Waals surface area contributed by atoms with Gasteiger partial charge in [0.1, 0.15) is 11.8 Å². The zero-order valence-corrected chi connectivity index (χ0v) is 18.0. The average Bonchev–Trinajstić information content (AvgIpc) is 3.18. The van der Waals surface area contributed by atoms with Crippen molar-refractivity contribution in [2.45, 2.75) is 12.7 Å². The predicted octanol–water partition coefficient (Wildman–Crippen LogP) is 3.44.